The second-order valence-corrected chi connectivity index (χ2v) is 7.95. The monoisotopic (exact) mass is 470 g/mol. The van der Waals surface area contributed by atoms with Crippen LogP contribution in [0.25, 0.3) is 33.3 Å². The van der Waals surface area contributed by atoms with Gasteiger partial charge in [0, 0.05) is 12.5 Å². The molecule has 34 heavy (non-hydrogen) atoms. The van der Waals surface area contributed by atoms with Gasteiger partial charge < -0.3 is 35.8 Å². The molecule has 2 aromatic heterocycles. The third kappa shape index (κ3) is 4.85. The van der Waals surface area contributed by atoms with Gasteiger partial charge in [-0.2, -0.15) is 0 Å². The van der Waals surface area contributed by atoms with Crippen LogP contribution >= 0.6 is 0 Å². The molecule has 0 amide bonds. The van der Waals surface area contributed by atoms with E-state index in [1.54, 1.807) is 24.3 Å². The summed E-state index contributed by atoms with van der Waals surface area (Å²) >= 11 is 0. The van der Waals surface area contributed by atoms with E-state index in [1.165, 1.54) is 12.1 Å². The van der Waals surface area contributed by atoms with Crippen molar-refractivity contribution in [2.45, 2.75) is 31.5 Å². The van der Waals surface area contributed by atoms with Crippen molar-refractivity contribution in [1.29, 1.82) is 0 Å². The van der Waals surface area contributed by atoms with Crippen LogP contribution in [0.1, 0.15) is 19.3 Å². The number of H-pyrrole nitrogens is 2. The van der Waals surface area contributed by atoms with Gasteiger partial charge in [-0.3, -0.25) is 9.59 Å². The van der Waals surface area contributed by atoms with E-state index in [0.29, 0.717) is 16.8 Å². The van der Waals surface area contributed by atoms with Gasteiger partial charge in [-0.1, -0.05) is 6.07 Å². The Balaban J connectivity index is 1.51. The van der Waals surface area contributed by atoms with Crippen LogP contribution in [0, 0.1) is 5.82 Å². The normalized spacial score (nSPS) is 13.3. The van der Waals surface area contributed by atoms with Gasteiger partial charge >= 0.3 is 5.97 Å². The summed E-state index contributed by atoms with van der Waals surface area (Å²) in [5, 5.41) is 28.3. The molecule has 7 N–H and O–H groups in total. The number of benzene rings is 2. The van der Waals surface area contributed by atoms with Crippen molar-refractivity contribution >= 4 is 33.6 Å². The second-order valence-electron chi connectivity index (χ2n) is 7.95. The van der Waals surface area contributed by atoms with Crippen molar-refractivity contribution in [2.75, 3.05) is 12.3 Å². The average Bonchev–Trinajstić information content (AvgIpc) is 3.15. The maximum Gasteiger partial charge on any atom is 0.305 e. The van der Waals surface area contributed by atoms with Crippen molar-refractivity contribution in [2.24, 2.45) is 0 Å². The Kier molecular flexibility index (Phi) is 6.48. The zero-order chi connectivity index (χ0) is 24.4. The predicted octanol–water partition coefficient (Wildman–Crippen LogP) is 2.15. The van der Waals surface area contributed by atoms with Gasteiger partial charge in [0.15, 0.2) is 0 Å². The molecule has 0 spiro atoms. The lowest BCUT2D eigenvalue weighted by Crippen LogP contribution is -2.22. The molecule has 4 rings (SSSR count). The Labute approximate surface area is 191 Å². The molecule has 2 unspecified atom stereocenters. The average molecular weight is 470 g/mol. The summed E-state index contributed by atoms with van der Waals surface area (Å²) in [6, 6.07) is 9.28. The van der Waals surface area contributed by atoms with Crippen LogP contribution in [-0.4, -0.2) is 55.1 Å². The summed E-state index contributed by atoms with van der Waals surface area (Å²) in [4.78, 5) is 33.2. The molecule has 178 valence electrons. The van der Waals surface area contributed by atoms with E-state index < -0.39 is 36.0 Å². The number of fused-ring (bicyclic) bond motifs is 2. The number of aliphatic hydroxyl groups is 2. The second kappa shape index (κ2) is 9.49. The van der Waals surface area contributed by atoms with Crippen molar-refractivity contribution in [3.63, 3.8) is 0 Å². The molecule has 0 bridgehead atoms. The third-order valence-corrected chi connectivity index (χ3v) is 5.39. The summed E-state index contributed by atoms with van der Waals surface area (Å²) < 4.78 is 20.0. The number of carboxylic acids is 1. The smallest absolute Gasteiger partial charge is 0.305 e. The van der Waals surface area contributed by atoms with Crippen molar-refractivity contribution in [1.82, 2.24) is 15.0 Å². The number of anilines is 1. The number of aromatic nitrogens is 3. The molecule has 0 aliphatic heterocycles. The molecule has 0 radical (unpaired) electrons. The fraction of sp³-hybridized carbons (Fsp3) is 0.261. The van der Waals surface area contributed by atoms with Gasteiger partial charge in [0.25, 0.3) is 5.56 Å². The lowest BCUT2D eigenvalue weighted by molar-refractivity contribution is -0.139. The number of aliphatic carboxylic acids is 1. The van der Waals surface area contributed by atoms with E-state index in [9.17, 15) is 24.2 Å². The molecule has 0 saturated heterocycles. The van der Waals surface area contributed by atoms with Crippen molar-refractivity contribution in [3.8, 4) is 17.1 Å². The molecule has 0 fully saturated rings. The van der Waals surface area contributed by atoms with Gasteiger partial charge in [0.2, 0.25) is 0 Å². The maximum atomic E-state index is 14.3. The molecule has 0 aliphatic carbocycles. The first-order chi connectivity index (χ1) is 16.2. The van der Waals surface area contributed by atoms with Crippen molar-refractivity contribution in [3.05, 3.63) is 52.6 Å². The number of hydrogen-bond donors (Lipinski definition) is 6. The Morgan fingerprint density at radius 1 is 1.15 bits per heavy atom. The molecule has 4 aromatic rings. The van der Waals surface area contributed by atoms with E-state index in [1.807, 2.05) is 0 Å². The van der Waals surface area contributed by atoms with E-state index >= 15 is 0 Å². The van der Waals surface area contributed by atoms with Crippen LogP contribution in [0.15, 0.2) is 41.2 Å². The number of aliphatic hydroxyl groups excluding tert-OH is 2. The number of rotatable bonds is 9. The van der Waals surface area contributed by atoms with Gasteiger partial charge in [0.05, 0.1) is 52.9 Å². The number of nitrogens with two attached hydrogens (primary N) is 1. The summed E-state index contributed by atoms with van der Waals surface area (Å²) in [6.45, 7) is 0.129. The minimum absolute atomic E-state index is 0.0218. The zero-order valence-corrected chi connectivity index (χ0v) is 17.9. The predicted molar refractivity (Wildman–Crippen MR) is 123 cm³/mol. The first kappa shape index (κ1) is 23.2. The molecular weight excluding hydrogens is 447 g/mol. The maximum absolute atomic E-state index is 14.3. The standard InChI is InChI=1S/C23H23FN4O6/c24-14-2-1-3-16-19(14)21(25)20(23(33)28-16)22-26-15-5-4-13(10-17(15)27-22)34-7-6-11(29)8-12(30)9-18(31)32/h1-5,10-12,29-30H,6-9H2,(H,26,27)(H,31,32)(H3,25,28,33). The Morgan fingerprint density at radius 2 is 1.94 bits per heavy atom. The number of nitrogen functional groups attached to an aromatic ring is 1. The number of aromatic amines is 2. The third-order valence-electron chi connectivity index (χ3n) is 5.39. The lowest BCUT2D eigenvalue weighted by atomic mass is 10.1. The van der Waals surface area contributed by atoms with Crippen LogP contribution in [0.3, 0.4) is 0 Å². The Morgan fingerprint density at radius 3 is 2.71 bits per heavy atom. The number of carbonyl (C=O) groups is 1. The fourth-order valence-electron chi connectivity index (χ4n) is 3.80. The summed E-state index contributed by atoms with van der Waals surface area (Å²) in [5.74, 6) is -1.05. The van der Waals surface area contributed by atoms with Gasteiger partial charge in [-0.05, 0) is 30.7 Å². The summed E-state index contributed by atoms with van der Waals surface area (Å²) in [7, 11) is 0. The number of nitrogens with zero attached hydrogens (tertiary/aromatic N) is 1. The highest BCUT2D eigenvalue weighted by atomic mass is 19.1. The molecule has 2 atom stereocenters. The number of halogens is 1. The highest BCUT2D eigenvalue weighted by Gasteiger charge is 2.18. The largest absolute Gasteiger partial charge is 0.493 e. The van der Waals surface area contributed by atoms with Crippen LogP contribution in [-0.2, 0) is 4.79 Å². The number of pyridine rings is 1. The molecule has 11 heteroatoms. The fourth-order valence-corrected chi connectivity index (χ4v) is 3.80. The minimum atomic E-state index is -1.14. The lowest BCUT2D eigenvalue weighted by Gasteiger charge is -2.14. The van der Waals surface area contributed by atoms with Crippen LogP contribution in [0.5, 0.6) is 5.75 Å². The number of nitrogens with one attached hydrogen (secondary N) is 2. The zero-order valence-electron chi connectivity index (χ0n) is 17.9. The highest BCUT2D eigenvalue weighted by Crippen LogP contribution is 2.30. The topological polar surface area (TPSA) is 175 Å². The first-order valence-corrected chi connectivity index (χ1v) is 10.5. The SMILES string of the molecule is Nc1c(-c2nc3ccc(OCCC(O)CC(O)CC(=O)O)cc3[nH]2)c(=O)[nH]c2cccc(F)c12. The molecule has 0 saturated carbocycles. The minimum Gasteiger partial charge on any atom is -0.493 e. The number of hydrogen-bond acceptors (Lipinski definition) is 7. The molecule has 2 heterocycles. The Hall–Kier alpha value is -3.96. The molecule has 0 aliphatic rings. The molecule has 2 aromatic carbocycles. The van der Waals surface area contributed by atoms with Gasteiger partial charge in [-0.15, -0.1) is 0 Å². The van der Waals surface area contributed by atoms with Crippen molar-refractivity contribution < 1.29 is 29.2 Å². The van der Waals surface area contributed by atoms with E-state index in [2.05, 4.69) is 15.0 Å². The Bertz CT molecular complexity index is 1420. The highest BCUT2D eigenvalue weighted by molar-refractivity contribution is 5.98. The number of imidazole rings is 1. The number of ether oxygens (including phenoxy) is 1. The molecular formula is C23H23FN4O6. The van der Waals surface area contributed by atoms with Crippen LogP contribution in [0.2, 0.25) is 0 Å². The van der Waals surface area contributed by atoms with E-state index in [-0.39, 0.29) is 47.4 Å². The summed E-state index contributed by atoms with van der Waals surface area (Å²) in [6.07, 6.45) is -2.36. The van der Waals surface area contributed by atoms with E-state index in [0.717, 1.165) is 0 Å². The van der Waals surface area contributed by atoms with Crippen LogP contribution in [0.4, 0.5) is 10.1 Å². The van der Waals surface area contributed by atoms with Crippen LogP contribution < -0.4 is 16.0 Å². The van der Waals surface area contributed by atoms with Gasteiger partial charge in [0.1, 0.15) is 23.0 Å². The quantitative estimate of drug-likeness (QED) is 0.216. The summed E-state index contributed by atoms with van der Waals surface area (Å²) in [5.41, 5.74) is 7.01. The van der Waals surface area contributed by atoms with E-state index in [4.69, 9.17) is 15.6 Å². The number of carboxylic acid groups (broad SMARTS) is 1. The van der Waals surface area contributed by atoms with Gasteiger partial charge in [-0.25, -0.2) is 9.37 Å². The first-order valence-electron chi connectivity index (χ1n) is 10.5. The molecule has 10 nitrogen and oxygen atoms in total.